The van der Waals surface area contributed by atoms with E-state index in [1.807, 2.05) is 25.1 Å². The van der Waals surface area contributed by atoms with Crippen molar-refractivity contribution in [2.75, 3.05) is 14.2 Å². The Balaban J connectivity index is 2.58. The van der Waals surface area contributed by atoms with Gasteiger partial charge in [0.1, 0.15) is 5.01 Å². The summed E-state index contributed by atoms with van der Waals surface area (Å²) >= 11 is 1.47. The molecule has 0 bridgehead atoms. The Morgan fingerprint density at radius 3 is 2.40 bits per heavy atom. The molecule has 0 amide bonds. The topological polar surface area (TPSA) is 51.6 Å². The van der Waals surface area contributed by atoms with E-state index in [1.165, 1.54) is 11.3 Å². The Bertz CT molecular complexity index is 614. The second-order valence-corrected chi connectivity index (χ2v) is 6.03. The smallest absolute Gasteiger partial charge is 0.170 e. The van der Waals surface area contributed by atoms with E-state index in [9.17, 15) is 5.11 Å². The van der Waals surface area contributed by atoms with Gasteiger partial charge in [0.05, 0.1) is 36.0 Å². The first-order valence-corrected chi connectivity index (χ1v) is 7.11. The van der Waals surface area contributed by atoms with Crippen LogP contribution in [0.15, 0.2) is 18.2 Å². The minimum absolute atomic E-state index is 0.658. The van der Waals surface area contributed by atoms with Crippen molar-refractivity contribution in [1.82, 2.24) is 4.98 Å². The molecule has 0 aliphatic rings. The highest BCUT2D eigenvalue weighted by atomic mass is 32.1. The highest BCUT2D eigenvalue weighted by Crippen LogP contribution is 2.41. The van der Waals surface area contributed by atoms with Crippen molar-refractivity contribution in [2.24, 2.45) is 0 Å². The van der Waals surface area contributed by atoms with Crippen molar-refractivity contribution in [1.29, 1.82) is 0 Å². The highest BCUT2D eigenvalue weighted by molar-refractivity contribution is 7.15. The van der Waals surface area contributed by atoms with Crippen molar-refractivity contribution in [3.8, 4) is 22.1 Å². The van der Waals surface area contributed by atoms with Crippen LogP contribution in [0.2, 0.25) is 0 Å². The lowest BCUT2D eigenvalue weighted by Crippen LogP contribution is -2.14. The zero-order valence-corrected chi connectivity index (χ0v) is 13.2. The first kappa shape index (κ1) is 14.8. The molecule has 0 saturated carbocycles. The van der Waals surface area contributed by atoms with Crippen LogP contribution in [-0.4, -0.2) is 24.3 Å². The minimum Gasteiger partial charge on any atom is -0.493 e. The van der Waals surface area contributed by atoms with Gasteiger partial charge < -0.3 is 14.6 Å². The lowest BCUT2D eigenvalue weighted by Gasteiger charge is -2.15. The molecule has 2 aromatic rings. The Kier molecular flexibility index (Phi) is 4.01. The number of aryl methyl sites for hydroxylation is 1. The zero-order chi connectivity index (χ0) is 14.9. The average Bonchev–Trinajstić information content (AvgIpc) is 2.79. The number of rotatable bonds is 4. The molecule has 0 aliphatic heterocycles. The molecule has 0 aliphatic carbocycles. The predicted octanol–water partition coefficient (Wildman–Crippen LogP) is 3.36. The van der Waals surface area contributed by atoms with Gasteiger partial charge >= 0.3 is 0 Å². The van der Waals surface area contributed by atoms with Gasteiger partial charge in [-0.1, -0.05) is 6.07 Å². The van der Waals surface area contributed by atoms with Crippen LogP contribution in [0, 0.1) is 6.92 Å². The van der Waals surface area contributed by atoms with Crippen LogP contribution in [0.25, 0.3) is 10.6 Å². The van der Waals surface area contributed by atoms with E-state index in [4.69, 9.17) is 9.47 Å². The number of para-hydroxylation sites is 1. The first-order valence-electron chi connectivity index (χ1n) is 6.30. The van der Waals surface area contributed by atoms with Gasteiger partial charge in [0.25, 0.3) is 0 Å². The van der Waals surface area contributed by atoms with Gasteiger partial charge in [-0.05, 0) is 32.9 Å². The van der Waals surface area contributed by atoms with E-state index in [2.05, 4.69) is 4.98 Å². The molecule has 4 nitrogen and oxygen atoms in total. The number of hydrogen-bond donors (Lipinski definition) is 1. The summed E-state index contributed by atoms with van der Waals surface area (Å²) in [4.78, 5) is 5.41. The molecule has 0 radical (unpaired) electrons. The quantitative estimate of drug-likeness (QED) is 0.939. The fourth-order valence-corrected chi connectivity index (χ4v) is 3.22. The van der Waals surface area contributed by atoms with E-state index in [-0.39, 0.29) is 0 Å². The molecule has 5 heteroatoms. The normalized spacial score (nSPS) is 11.5. The lowest BCUT2D eigenvalue weighted by atomic mass is 10.1. The number of methoxy groups -OCH3 is 2. The van der Waals surface area contributed by atoms with Crippen LogP contribution in [0.5, 0.6) is 11.5 Å². The molecular weight excluding hydrogens is 274 g/mol. The fourth-order valence-electron chi connectivity index (χ4n) is 2.13. The Labute approximate surface area is 123 Å². The largest absolute Gasteiger partial charge is 0.493 e. The summed E-state index contributed by atoms with van der Waals surface area (Å²) < 4.78 is 10.7. The van der Waals surface area contributed by atoms with Crippen molar-refractivity contribution < 1.29 is 14.6 Å². The number of ether oxygens (including phenoxy) is 2. The second kappa shape index (κ2) is 5.42. The Morgan fingerprint density at radius 2 is 1.90 bits per heavy atom. The van der Waals surface area contributed by atoms with Gasteiger partial charge in [-0.25, -0.2) is 4.98 Å². The van der Waals surface area contributed by atoms with Crippen LogP contribution in [0.4, 0.5) is 0 Å². The van der Waals surface area contributed by atoms with Gasteiger partial charge in [0, 0.05) is 0 Å². The summed E-state index contributed by atoms with van der Waals surface area (Å²) in [6.45, 7) is 5.43. The fraction of sp³-hybridized carbons (Fsp3) is 0.400. The zero-order valence-electron chi connectivity index (χ0n) is 12.4. The summed E-state index contributed by atoms with van der Waals surface area (Å²) in [5.74, 6) is 1.33. The summed E-state index contributed by atoms with van der Waals surface area (Å²) in [6, 6.07) is 5.69. The van der Waals surface area contributed by atoms with Crippen LogP contribution in [0.3, 0.4) is 0 Å². The van der Waals surface area contributed by atoms with Crippen molar-refractivity contribution in [2.45, 2.75) is 26.4 Å². The molecule has 1 aromatic carbocycles. The van der Waals surface area contributed by atoms with Crippen molar-refractivity contribution >= 4 is 11.3 Å². The Morgan fingerprint density at radius 1 is 1.20 bits per heavy atom. The predicted molar refractivity (Wildman–Crippen MR) is 80.6 cm³/mol. The lowest BCUT2D eigenvalue weighted by molar-refractivity contribution is 0.0817. The third-order valence-electron chi connectivity index (χ3n) is 2.99. The second-order valence-electron chi connectivity index (χ2n) is 5.03. The van der Waals surface area contributed by atoms with Gasteiger partial charge in [0.15, 0.2) is 11.5 Å². The molecule has 2 rings (SSSR count). The van der Waals surface area contributed by atoms with Crippen LogP contribution in [0.1, 0.15) is 24.4 Å². The maximum absolute atomic E-state index is 10.2. The number of nitrogens with zero attached hydrogens (tertiary/aromatic N) is 1. The number of aromatic nitrogens is 1. The molecule has 1 heterocycles. The standard InChI is InChI=1S/C15H19NO3S/c1-9-13(15(2,3)17)20-14(16-9)10-7-6-8-11(18-4)12(10)19-5/h6-8,17H,1-5H3. The molecule has 20 heavy (non-hydrogen) atoms. The van der Waals surface area contributed by atoms with Gasteiger partial charge in [-0.15, -0.1) is 11.3 Å². The molecule has 0 atom stereocenters. The van der Waals surface area contributed by atoms with E-state index >= 15 is 0 Å². The summed E-state index contributed by atoms with van der Waals surface area (Å²) in [5, 5.41) is 11.0. The van der Waals surface area contributed by atoms with Crippen LogP contribution >= 0.6 is 11.3 Å². The van der Waals surface area contributed by atoms with Crippen LogP contribution < -0.4 is 9.47 Å². The van der Waals surface area contributed by atoms with Crippen molar-refractivity contribution in [3.05, 3.63) is 28.8 Å². The van der Waals surface area contributed by atoms with E-state index in [0.717, 1.165) is 21.1 Å². The van der Waals surface area contributed by atoms with E-state index in [0.29, 0.717) is 11.5 Å². The molecule has 108 valence electrons. The summed E-state index contributed by atoms with van der Waals surface area (Å²) in [5.41, 5.74) is 0.810. The highest BCUT2D eigenvalue weighted by Gasteiger charge is 2.24. The van der Waals surface area contributed by atoms with Crippen molar-refractivity contribution in [3.63, 3.8) is 0 Å². The molecule has 0 spiro atoms. The van der Waals surface area contributed by atoms with Gasteiger partial charge in [-0.3, -0.25) is 0 Å². The maximum atomic E-state index is 10.2. The Hall–Kier alpha value is -1.59. The van der Waals surface area contributed by atoms with Gasteiger partial charge in [-0.2, -0.15) is 0 Å². The number of aliphatic hydroxyl groups is 1. The maximum Gasteiger partial charge on any atom is 0.170 e. The SMILES string of the molecule is COc1cccc(-c2nc(C)c(C(C)(C)O)s2)c1OC. The molecule has 1 aromatic heterocycles. The van der Waals surface area contributed by atoms with E-state index < -0.39 is 5.60 Å². The molecule has 0 unspecified atom stereocenters. The summed E-state index contributed by atoms with van der Waals surface area (Å²) in [7, 11) is 3.22. The minimum atomic E-state index is -0.897. The van der Waals surface area contributed by atoms with E-state index in [1.54, 1.807) is 28.1 Å². The molecular formula is C15H19NO3S. The van der Waals surface area contributed by atoms with Gasteiger partial charge in [0.2, 0.25) is 0 Å². The number of benzene rings is 1. The first-order chi connectivity index (χ1) is 9.38. The number of thiazole rings is 1. The summed E-state index contributed by atoms with van der Waals surface area (Å²) in [6.07, 6.45) is 0. The molecule has 1 N–H and O–H groups in total. The van der Waals surface area contributed by atoms with Crippen LogP contribution in [-0.2, 0) is 5.60 Å². The molecule has 0 fully saturated rings. The average molecular weight is 293 g/mol. The molecule has 0 saturated heterocycles. The monoisotopic (exact) mass is 293 g/mol. The number of hydrogen-bond acceptors (Lipinski definition) is 5. The third kappa shape index (κ3) is 2.64. The third-order valence-corrected chi connectivity index (χ3v) is 4.49.